The summed E-state index contributed by atoms with van der Waals surface area (Å²) in [7, 11) is 0. The molecule has 1 rings (SSSR count). The molecule has 0 fully saturated rings. The van der Waals surface area contributed by atoms with E-state index in [9.17, 15) is 4.79 Å². The van der Waals surface area contributed by atoms with Gasteiger partial charge in [-0.15, -0.1) is 0 Å². The van der Waals surface area contributed by atoms with E-state index in [-0.39, 0.29) is 5.78 Å². The lowest BCUT2D eigenvalue weighted by molar-refractivity contribution is -0.116. The Morgan fingerprint density at radius 3 is 2.86 bits per heavy atom. The van der Waals surface area contributed by atoms with Crippen molar-refractivity contribution in [2.75, 3.05) is 0 Å². The second-order valence-electron chi connectivity index (χ2n) is 3.07. The summed E-state index contributed by atoms with van der Waals surface area (Å²) in [5.41, 5.74) is 1.69. The van der Waals surface area contributed by atoms with E-state index in [0.717, 1.165) is 11.4 Å². The Kier molecular flexibility index (Phi) is 3.40. The van der Waals surface area contributed by atoms with Crippen LogP contribution in [0.3, 0.4) is 0 Å². The Balaban J connectivity index is 2.99. The maximum atomic E-state index is 10.9. The molecule has 0 aliphatic rings. The van der Waals surface area contributed by atoms with Crippen LogP contribution < -0.4 is 0 Å². The fraction of sp³-hybridized carbons (Fsp3) is 0.273. The maximum Gasteiger partial charge on any atom is 0.137 e. The summed E-state index contributed by atoms with van der Waals surface area (Å²) >= 11 is 0. The number of aromatic nitrogens is 2. The van der Waals surface area contributed by atoms with Crippen molar-refractivity contribution in [1.82, 2.24) is 9.97 Å². The van der Waals surface area contributed by atoms with Crippen molar-refractivity contribution in [3.63, 3.8) is 0 Å². The minimum absolute atomic E-state index is 0.0985. The van der Waals surface area contributed by atoms with Crippen molar-refractivity contribution >= 4 is 17.9 Å². The number of aromatic amines is 1. The number of Topliss-reactive ketones (excluding diaryl/α,β-unsaturated/α-hetero) is 1. The van der Waals surface area contributed by atoms with Crippen LogP contribution in [0.25, 0.3) is 12.2 Å². The van der Waals surface area contributed by atoms with Crippen LogP contribution in [0.5, 0.6) is 0 Å². The Hall–Kier alpha value is -1.64. The third kappa shape index (κ3) is 2.42. The lowest BCUT2D eigenvalue weighted by atomic mass is 10.3. The SMILES string of the molecule is C=Cc1nc(CC(C)=O)[nH]c1/C=C\C. The second-order valence-corrected chi connectivity index (χ2v) is 3.07. The molecular formula is C11H14N2O. The molecule has 1 N–H and O–H groups in total. The van der Waals surface area contributed by atoms with Crippen molar-refractivity contribution in [3.05, 3.63) is 29.9 Å². The third-order valence-corrected chi connectivity index (χ3v) is 1.75. The monoisotopic (exact) mass is 190 g/mol. The Labute approximate surface area is 83.6 Å². The number of allylic oxidation sites excluding steroid dienone is 1. The van der Waals surface area contributed by atoms with E-state index in [1.54, 1.807) is 13.0 Å². The van der Waals surface area contributed by atoms with E-state index in [2.05, 4.69) is 16.5 Å². The van der Waals surface area contributed by atoms with E-state index in [0.29, 0.717) is 12.2 Å². The van der Waals surface area contributed by atoms with Gasteiger partial charge in [0, 0.05) is 0 Å². The molecule has 0 bridgehead atoms. The average Bonchev–Trinajstić information content (AvgIpc) is 2.47. The van der Waals surface area contributed by atoms with E-state index >= 15 is 0 Å². The molecule has 0 aliphatic heterocycles. The molecule has 1 aromatic rings. The lowest BCUT2D eigenvalue weighted by Gasteiger charge is -1.88. The smallest absolute Gasteiger partial charge is 0.137 e. The Morgan fingerprint density at radius 2 is 2.36 bits per heavy atom. The third-order valence-electron chi connectivity index (χ3n) is 1.75. The standard InChI is InChI=1S/C11H14N2O/c1-4-6-10-9(5-2)12-11(13-10)7-8(3)14/h4-6H,2,7H2,1,3H3,(H,12,13)/b6-4-. The van der Waals surface area contributed by atoms with E-state index < -0.39 is 0 Å². The van der Waals surface area contributed by atoms with Gasteiger partial charge in [-0.25, -0.2) is 4.98 Å². The number of rotatable bonds is 4. The summed E-state index contributed by atoms with van der Waals surface area (Å²) in [5.74, 6) is 0.793. The molecule has 0 unspecified atom stereocenters. The fourth-order valence-electron chi connectivity index (χ4n) is 1.22. The van der Waals surface area contributed by atoms with E-state index in [1.165, 1.54) is 0 Å². The first-order valence-electron chi connectivity index (χ1n) is 4.50. The van der Waals surface area contributed by atoms with Gasteiger partial charge >= 0.3 is 0 Å². The quantitative estimate of drug-likeness (QED) is 0.791. The van der Waals surface area contributed by atoms with Gasteiger partial charge < -0.3 is 4.98 Å². The van der Waals surface area contributed by atoms with Gasteiger partial charge in [0.15, 0.2) is 0 Å². The number of nitrogens with zero attached hydrogens (tertiary/aromatic N) is 1. The first-order chi connectivity index (χ1) is 6.67. The van der Waals surface area contributed by atoms with Crippen LogP contribution in [0, 0.1) is 0 Å². The number of nitrogens with one attached hydrogen (secondary N) is 1. The number of imidazole rings is 1. The summed E-state index contributed by atoms with van der Waals surface area (Å²) in [4.78, 5) is 18.2. The first-order valence-corrected chi connectivity index (χ1v) is 4.50. The molecule has 0 saturated carbocycles. The van der Waals surface area contributed by atoms with Crippen LogP contribution in [-0.4, -0.2) is 15.8 Å². The predicted octanol–water partition coefficient (Wildman–Crippen LogP) is 2.22. The predicted molar refractivity (Wildman–Crippen MR) is 57.8 cm³/mol. The lowest BCUT2D eigenvalue weighted by Crippen LogP contribution is -1.97. The highest BCUT2D eigenvalue weighted by Gasteiger charge is 2.06. The fourth-order valence-corrected chi connectivity index (χ4v) is 1.22. The largest absolute Gasteiger partial charge is 0.342 e. The number of carbonyl (C=O) groups excluding carboxylic acids is 1. The zero-order valence-corrected chi connectivity index (χ0v) is 8.50. The molecule has 0 spiro atoms. The minimum atomic E-state index is 0.0985. The molecule has 0 aliphatic carbocycles. The van der Waals surface area contributed by atoms with Crippen molar-refractivity contribution in [2.45, 2.75) is 20.3 Å². The molecule has 3 nitrogen and oxygen atoms in total. The molecule has 3 heteroatoms. The number of H-pyrrole nitrogens is 1. The first kappa shape index (κ1) is 10.4. The van der Waals surface area contributed by atoms with Crippen LogP contribution in [0.1, 0.15) is 31.1 Å². The Bertz CT molecular complexity index is 375. The minimum Gasteiger partial charge on any atom is -0.342 e. The van der Waals surface area contributed by atoms with E-state index in [1.807, 2.05) is 19.1 Å². The van der Waals surface area contributed by atoms with Crippen LogP contribution >= 0.6 is 0 Å². The van der Waals surface area contributed by atoms with Gasteiger partial charge in [0.05, 0.1) is 17.8 Å². The topological polar surface area (TPSA) is 45.8 Å². The molecule has 0 aromatic carbocycles. The van der Waals surface area contributed by atoms with Gasteiger partial charge in [-0.05, 0) is 26.0 Å². The number of carbonyl (C=O) groups is 1. The van der Waals surface area contributed by atoms with Gasteiger partial charge in [0.2, 0.25) is 0 Å². The van der Waals surface area contributed by atoms with Crippen LogP contribution in [-0.2, 0) is 11.2 Å². The molecular weight excluding hydrogens is 176 g/mol. The summed E-state index contributed by atoms with van der Waals surface area (Å²) < 4.78 is 0. The second kappa shape index (κ2) is 4.56. The van der Waals surface area contributed by atoms with Crippen LogP contribution in [0.4, 0.5) is 0 Å². The van der Waals surface area contributed by atoms with Gasteiger partial charge in [0.25, 0.3) is 0 Å². The average molecular weight is 190 g/mol. The van der Waals surface area contributed by atoms with Crippen LogP contribution in [0.2, 0.25) is 0 Å². The summed E-state index contributed by atoms with van der Waals surface area (Å²) in [5, 5.41) is 0. The van der Waals surface area contributed by atoms with E-state index in [4.69, 9.17) is 0 Å². The normalized spacial score (nSPS) is 10.7. The molecule has 1 aromatic heterocycles. The molecule has 0 amide bonds. The molecule has 0 atom stereocenters. The van der Waals surface area contributed by atoms with Crippen molar-refractivity contribution in [1.29, 1.82) is 0 Å². The molecule has 74 valence electrons. The highest BCUT2D eigenvalue weighted by Crippen LogP contribution is 2.10. The van der Waals surface area contributed by atoms with Gasteiger partial charge in [-0.3, -0.25) is 4.79 Å². The molecule has 1 heterocycles. The maximum absolute atomic E-state index is 10.9. The van der Waals surface area contributed by atoms with Gasteiger partial charge in [0.1, 0.15) is 11.6 Å². The van der Waals surface area contributed by atoms with Crippen molar-refractivity contribution < 1.29 is 4.79 Å². The molecule has 0 radical (unpaired) electrons. The summed E-state index contributed by atoms with van der Waals surface area (Å²) in [6, 6.07) is 0. The summed E-state index contributed by atoms with van der Waals surface area (Å²) in [6.45, 7) is 7.14. The highest BCUT2D eigenvalue weighted by molar-refractivity contribution is 5.77. The Morgan fingerprint density at radius 1 is 1.64 bits per heavy atom. The number of hydrogen-bond acceptors (Lipinski definition) is 2. The highest BCUT2D eigenvalue weighted by atomic mass is 16.1. The van der Waals surface area contributed by atoms with Gasteiger partial charge in [-0.1, -0.05) is 12.7 Å². The van der Waals surface area contributed by atoms with Crippen LogP contribution in [0.15, 0.2) is 12.7 Å². The number of hydrogen-bond donors (Lipinski definition) is 1. The molecule has 14 heavy (non-hydrogen) atoms. The zero-order chi connectivity index (χ0) is 10.6. The van der Waals surface area contributed by atoms with Crippen molar-refractivity contribution in [3.8, 4) is 0 Å². The van der Waals surface area contributed by atoms with Gasteiger partial charge in [-0.2, -0.15) is 0 Å². The van der Waals surface area contributed by atoms with Crippen molar-refractivity contribution in [2.24, 2.45) is 0 Å². The molecule has 0 saturated heterocycles. The zero-order valence-electron chi connectivity index (χ0n) is 8.50. The number of ketones is 1. The summed E-state index contributed by atoms with van der Waals surface area (Å²) in [6.07, 6.45) is 5.85.